The Morgan fingerprint density at radius 1 is 1.18 bits per heavy atom. The fourth-order valence-corrected chi connectivity index (χ4v) is 1.25. The number of nitro groups is 1. The van der Waals surface area contributed by atoms with Crippen molar-refractivity contribution in [1.29, 1.82) is 0 Å². The van der Waals surface area contributed by atoms with Gasteiger partial charge in [-0.2, -0.15) is 0 Å². The minimum absolute atomic E-state index is 0.00665. The van der Waals surface area contributed by atoms with Crippen LogP contribution in [-0.4, -0.2) is 21.1 Å². The molecular weight excluding hydrogens is 220 g/mol. The molecule has 1 aromatic carbocycles. The largest absolute Gasteiger partial charge is 0.278 e. The summed E-state index contributed by atoms with van der Waals surface area (Å²) in [6.45, 7) is 0. The van der Waals surface area contributed by atoms with Crippen LogP contribution in [0.25, 0.3) is 0 Å². The van der Waals surface area contributed by atoms with Crippen LogP contribution in [0.5, 0.6) is 0 Å². The second-order valence-corrected chi connectivity index (χ2v) is 3.12. The molecule has 0 radical (unpaired) electrons. The molecule has 0 atom stereocenters. The van der Waals surface area contributed by atoms with Crippen molar-refractivity contribution < 1.29 is 4.92 Å². The third kappa shape index (κ3) is 2.69. The first-order valence-corrected chi connectivity index (χ1v) is 4.82. The molecule has 0 unspecified atom stereocenters. The van der Waals surface area contributed by atoms with E-state index in [1.807, 2.05) is 0 Å². The lowest BCUT2D eigenvalue weighted by Crippen LogP contribution is -1.93. The van der Waals surface area contributed by atoms with E-state index in [-0.39, 0.29) is 11.6 Å². The summed E-state index contributed by atoms with van der Waals surface area (Å²) in [5, 5.41) is 10.7. The minimum Gasteiger partial charge on any atom is -0.258 e. The maximum Gasteiger partial charge on any atom is 0.278 e. The summed E-state index contributed by atoms with van der Waals surface area (Å²) >= 11 is 0. The molecule has 6 nitrogen and oxygen atoms in total. The van der Waals surface area contributed by atoms with Gasteiger partial charge in [-0.05, 0) is 12.1 Å². The third-order valence-electron chi connectivity index (χ3n) is 2.00. The average Bonchev–Trinajstić information content (AvgIpc) is 2.38. The first-order chi connectivity index (χ1) is 8.27. The molecule has 0 N–H and O–H groups in total. The van der Waals surface area contributed by atoms with E-state index in [0.29, 0.717) is 5.56 Å². The Hall–Kier alpha value is -2.63. The van der Waals surface area contributed by atoms with Gasteiger partial charge in [0.05, 0.1) is 10.5 Å². The van der Waals surface area contributed by atoms with Crippen LogP contribution < -0.4 is 0 Å². The quantitative estimate of drug-likeness (QED) is 0.457. The van der Waals surface area contributed by atoms with Gasteiger partial charge < -0.3 is 0 Å². The maximum atomic E-state index is 10.7. The van der Waals surface area contributed by atoms with Crippen LogP contribution in [-0.2, 0) is 0 Å². The number of rotatable bonds is 3. The molecule has 0 fully saturated rings. The lowest BCUT2D eigenvalue weighted by atomic mass is 10.2. The van der Waals surface area contributed by atoms with Gasteiger partial charge in [0.25, 0.3) is 5.69 Å². The highest BCUT2D eigenvalue weighted by Gasteiger charge is 2.09. The molecule has 1 aromatic heterocycles. The van der Waals surface area contributed by atoms with Gasteiger partial charge in [0.1, 0.15) is 0 Å². The molecule has 2 aromatic rings. The molecule has 84 valence electrons. The zero-order valence-corrected chi connectivity index (χ0v) is 8.72. The monoisotopic (exact) mass is 228 g/mol. The van der Waals surface area contributed by atoms with E-state index in [4.69, 9.17) is 0 Å². The molecule has 0 bridgehead atoms. The number of aliphatic imine (C=N–C) groups is 1. The van der Waals surface area contributed by atoms with Crippen molar-refractivity contribution in [3.8, 4) is 0 Å². The van der Waals surface area contributed by atoms with Gasteiger partial charge in [-0.3, -0.25) is 10.1 Å². The summed E-state index contributed by atoms with van der Waals surface area (Å²) in [5.41, 5.74) is 0.428. The van der Waals surface area contributed by atoms with Crippen LogP contribution in [0.3, 0.4) is 0 Å². The van der Waals surface area contributed by atoms with Crippen molar-refractivity contribution in [2.24, 2.45) is 4.99 Å². The molecule has 6 heteroatoms. The normalized spacial score (nSPS) is 10.6. The zero-order valence-electron chi connectivity index (χ0n) is 8.72. The van der Waals surface area contributed by atoms with Crippen molar-refractivity contribution in [2.75, 3.05) is 0 Å². The number of nitrogens with zero attached hydrogens (tertiary/aromatic N) is 4. The summed E-state index contributed by atoms with van der Waals surface area (Å²) in [4.78, 5) is 22.0. The Bertz CT molecular complexity index is 554. The van der Waals surface area contributed by atoms with Gasteiger partial charge in [-0.25, -0.2) is 15.0 Å². The summed E-state index contributed by atoms with van der Waals surface area (Å²) < 4.78 is 0. The molecule has 0 aliphatic rings. The molecule has 0 saturated heterocycles. The Labute approximate surface area is 96.8 Å². The molecule has 0 amide bonds. The van der Waals surface area contributed by atoms with E-state index in [1.165, 1.54) is 12.3 Å². The van der Waals surface area contributed by atoms with Crippen LogP contribution in [0.15, 0.2) is 47.7 Å². The van der Waals surface area contributed by atoms with Crippen molar-refractivity contribution >= 4 is 17.9 Å². The number of aromatic nitrogens is 2. The summed E-state index contributed by atoms with van der Waals surface area (Å²) in [7, 11) is 0. The van der Waals surface area contributed by atoms with Crippen LogP contribution in [0.4, 0.5) is 11.6 Å². The molecule has 0 saturated carbocycles. The highest BCUT2D eigenvalue weighted by molar-refractivity contribution is 5.86. The average molecular weight is 228 g/mol. The zero-order chi connectivity index (χ0) is 12.1. The van der Waals surface area contributed by atoms with E-state index >= 15 is 0 Å². The lowest BCUT2D eigenvalue weighted by molar-refractivity contribution is -0.385. The Balaban J connectivity index is 2.30. The van der Waals surface area contributed by atoms with Crippen molar-refractivity contribution in [3.63, 3.8) is 0 Å². The SMILES string of the molecule is O=[N+]([O-])c1ccccc1/C=N/c1ncccn1. The lowest BCUT2D eigenvalue weighted by Gasteiger charge is -1.95. The van der Waals surface area contributed by atoms with Crippen molar-refractivity contribution in [1.82, 2.24) is 9.97 Å². The van der Waals surface area contributed by atoms with Crippen LogP contribution >= 0.6 is 0 Å². The Morgan fingerprint density at radius 2 is 1.88 bits per heavy atom. The van der Waals surface area contributed by atoms with Crippen LogP contribution in [0.1, 0.15) is 5.56 Å². The smallest absolute Gasteiger partial charge is 0.258 e. The van der Waals surface area contributed by atoms with Gasteiger partial charge >= 0.3 is 0 Å². The first-order valence-electron chi connectivity index (χ1n) is 4.82. The highest BCUT2D eigenvalue weighted by Crippen LogP contribution is 2.16. The molecule has 17 heavy (non-hydrogen) atoms. The fraction of sp³-hybridized carbons (Fsp3) is 0. The van der Waals surface area contributed by atoms with Crippen molar-refractivity contribution in [3.05, 3.63) is 58.4 Å². The topological polar surface area (TPSA) is 81.3 Å². The summed E-state index contributed by atoms with van der Waals surface area (Å²) in [6.07, 6.45) is 4.49. The number of hydrogen-bond donors (Lipinski definition) is 0. The van der Waals surface area contributed by atoms with E-state index in [0.717, 1.165) is 0 Å². The third-order valence-corrected chi connectivity index (χ3v) is 2.00. The van der Waals surface area contributed by atoms with E-state index < -0.39 is 4.92 Å². The van der Waals surface area contributed by atoms with E-state index in [9.17, 15) is 10.1 Å². The molecule has 0 aliphatic heterocycles. The predicted molar refractivity (Wildman–Crippen MR) is 62.4 cm³/mol. The number of hydrogen-bond acceptors (Lipinski definition) is 5. The number of benzene rings is 1. The fourth-order valence-electron chi connectivity index (χ4n) is 1.25. The standard InChI is InChI=1S/C11H8N4O2/c16-15(17)10-5-2-1-4-9(10)8-14-11-12-6-3-7-13-11/h1-8H/b14-8+. The number of nitro benzene ring substituents is 1. The Morgan fingerprint density at radius 3 is 2.59 bits per heavy atom. The van der Waals surface area contributed by atoms with Crippen LogP contribution in [0.2, 0.25) is 0 Å². The predicted octanol–water partition coefficient (Wildman–Crippen LogP) is 2.14. The van der Waals surface area contributed by atoms with E-state index in [1.54, 1.807) is 36.7 Å². The van der Waals surface area contributed by atoms with E-state index in [2.05, 4.69) is 15.0 Å². The second-order valence-electron chi connectivity index (χ2n) is 3.12. The van der Waals surface area contributed by atoms with Gasteiger partial charge in [-0.1, -0.05) is 12.1 Å². The van der Waals surface area contributed by atoms with Gasteiger partial charge in [0, 0.05) is 24.7 Å². The molecule has 2 rings (SSSR count). The van der Waals surface area contributed by atoms with Crippen LogP contribution in [0, 0.1) is 10.1 Å². The molecule has 0 aliphatic carbocycles. The summed E-state index contributed by atoms with van der Waals surface area (Å²) in [5.74, 6) is 0.269. The molecule has 1 heterocycles. The van der Waals surface area contributed by atoms with Gasteiger partial charge in [0.15, 0.2) is 0 Å². The second kappa shape index (κ2) is 4.93. The number of para-hydroxylation sites is 1. The Kier molecular flexibility index (Phi) is 3.15. The maximum absolute atomic E-state index is 10.7. The molecular formula is C11H8N4O2. The summed E-state index contributed by atoms with van der Waals surface area (Å²) in [6, 6.07) is 8.02. The van der Waals surface area contributed by atoms with Gasteiger partial charge in [-0.15, -0.1) is 0 Å². The highest BCUT2D eigenvalue weighted by atomic mass is 16.6. The van der Waals surface area contributed by atoms with Crippen molar-refractivity contribution in [2.45, 2.75) is 0 Å². The molecule has 0 spiro atoms. The first kappa shape index (κ1) is 10.9. The van der Waals surface area contributed by atoms with Gasteiger partial charge in [0.2, 0.25) is 5.95 Å². The minimum atomic E-state index is -0.451.